The standard InChI is InChI=1S/C14H17FN4O2/c1-2-13(20)12-8-19(18-17-12)9-14(21)16-7-10-3-5-11(15)6-4-10/h3-6,8,13,20H,2,7,9H2,1H3,(H,16,21). The van der Waals surface area contributed by atoms with Gasteiger partial charge in [-0.1, -0.05) is 24.3 Å². The van der Waals surface area contributed by atoms with Crippen LogP contribution in [0.25, 0.3) is 0 Å². The monoisotopic (exact) mass is 292 g/mol. The van der Waals surface area contributed by atoms with Crippen LogP contribution < -0.4 is 5.32 Å². The number of halogens is 1. The van der Waals surface area contributed by atoms with Crippen molar-refractivity contribution in [2.24, 2.45) is 0 Å². The van der Waals surface area contributed by atoms with Crippen molar-refractivity contribution in [3.63, 3.8) is 0 Å². The van der Waals surface area contributed by atoms with Gasteiger partial charge in [-0.3, -0.25) is 4.79 Å². The number of hydrogen-bond acceptors (Lipinski definition) is 4. The number of benzene rings is 1. The van der Waals surface area contributed by atoms with E-state index in [1.54, 1.807) is 18.3 Å². The van der Waals surface area contributed by atoms with Gasteiger partial charge in [0.15, 0.2) is 0 Å². The highest BCUT2D eigenvalue weighted by atomic mass is 19.1. The Hall–Kier alpha value is -2.28. The molecule has 1 heterocycles. The summed E-state index contributed by atoms with van der Waals surface area (Å²) in [4.78, 5) is 11.8. The number of amides is 1. The Morgan fingerprint density at radius 3 is 2.81 bits per heavy atom. The smallest absolute Gasteiger partial charge is 0.242 e. The number of aliphatic hydroxyl groups is 1. The molecule has 7 heteroatoms. The summed E-state index contributed by atoms with van der Waals surface area (Å²) in [6, 6.07) is 5.91. The summed E-state index contributed by atoms with van der Waals surface area (Å²) in [7, 11) is 0. The average molecular weight is 292 g/mol. The van der Waals surface area contributed by atoms with Crippen LogP contribution in [-0.2, 0) is 17.9 Å². The summed E-state index contributed by atoms with van der Waals surface area (Å²) in [6.45, 7) is 2.17. The molecule has 1 aromatic carbocycles. The van der Waals surface area contributed by atoms with Gasteiger partial charge in [0.25, 0.3) is 0 Å². The second-order valence-electron chi connectivity index (χ2n) is 4.67. The Bertz CT molecular complexity index is 597. The number of aromatic nitrogens is 3. The van der Waals surface area contributed by atoms with Crippen molar-refractivity contribution in [1.29, 1.82) is 0 Å². The van der Waals surface area contributed by atoms with E-state index in [9.17, 15) is 14.3 Å². The molecule has 0 saturated heterocycles. The molecule has 0 saturated carbocycles. The highest BCUT2D eigenvalue weighted by molar-refractivity contribution is 5.75. The van der Waals surface area contributed by atoms with Gasteiger partial charge in [0.1, 0.15) is 18.1 Å². The lowest BCUT2D eigenvalue weighted by molar-refractivity contribution is -0.122. The van der Waals surface area contributed by atoms with Crippen LogP contribution in [0.5, 0.6) is 0 Å². The first-order valence-electron chi connectivity index (χ1n) is 6.67. The van der Waals surface area contributed by atoms with Crippen LogP contribution in [0.1, 0.15) is 30.7 Å². The first-order chi connectivity index (χ1) is 10.1. The summed E-state index contributed by atoms with van der Waals surface area (Å²) < 4.78 is 14.1. The average Bonchev–Trinajstić information content (AvgIpc) is 2.94. The third-order valence-corrected chi connectivity index (χ3v) is 2.99. The Kier molecular flexibility index (Phi) is 4.99. The fourth-order valence-electron chi connectivity index (χ4n) is 1.76. The predicted octanol–water partition coefficient (Wildman–Crippen LogP) is 1.18. The van der Waals surface area contributed by atoms with Gasteiger partial charge >= 0.3 is 0 Å². The van der Waals surface area contributed by atoms with E-state index >= 15 is 0 Å². The van der Waals surface area contributed by atoms with Crippen molar-refractivity contribution in [1.82, 2.24) is 20.3 Å². The molecule has 2 aromatic rings. The zero-order chi connectivity index (χ0) is 15.2. The number of hydrogen-bond donors (Lipinski definition) is 2. The van der Waals surface area contributed by atoms with Crippen LogP contribution in [0.15, 0.2) is 30.5 Å². The molecule has 0 radical (unpaired) electrons. The predicted molar refractivity (Wildman–Crippen MR) is 73.5 cm³/mol. The van der Waals surface area contributed by atoms with Crippen molar-refractivity contribution in [3.8, 4) is 0 Å². The molecule has 0 aliphatic carbocycles. The Balaban J connectivity index is 1.84. The van der Waals surface area contributed by atoms with Gasteiger partial charge in [-0.25, -0.2) is 9.07 Å². The Morgan fingerprint density at radius 2 is 2.14 bits per heavy atom. The SMILES string of the molecule is CCC(O)c1cn(CC(=O)NCc2ccc(F)cc2)nn1. The van der Waals surface area contributed by atoms with E-state index in [-0.39, 0.29) is 18.3 Å². The molecule has 1 aromatic heterocycles. The van der Waals surface area contributed by atoms with E-state index < -0.39 is 6.10 Å². The first kappa shape index (κ1) is 15.1. The molecule has 1 atom stereocenters. The van der Waals surface area contributed by atoms with Crippen molar-refractivity contribution in [3.05, 3.63) is 47.5 Å². The highest BCUT2D eigenvalue weighted by Gasteiger charge is 2.11. The lowest BCUT2D eigenvalue weighted by Gasteiger charge is -2.05. The van der Waals surface area contributed by atoms with Crippen molar-refractivity contribution >= 4 is 5.91 Å². The molecule has 21 heavy (non-hydrogen) atoms. The maximum Gasteiger partial charge on any atom is 0.242 e. The van der Waals surface area contributed by atoms with E-state index in [1.807, 2.05) is 6.92 Å². The van der Waals surface area contributed by atoms with Gasteiger partial charge < -0.3 is 10.4 Å². The number of rotatable bonds is 6. The molecular formula is C14H17FN4O2. The largest absolute Gasteiger partial charge is 0.387 e. The summed E-state index contributed by atoms with van der Waals surface area (Å²) in [5.41, 5.74) is 1.26. The lowest BCUT2D eigenvalue weighted by Crippen LogP contribution is -2.27. The Morgan fingerprint density at radius 1 is 1.43 bits per heavy atom. The maximum absolute atomic E-state index is 12.7. The van der Waals surface area contributed by atoms with Gasteiger partial charge in [0, 0.05) is 6.54 Å². The molecule has 0 fully saturated rings. The molecule has 0 bridgehead atoms. The minimum Gasteiger partial charge on any atom is -0.387 e. The van der Waals surface area contributed by atoms with Crippen molar-refractivity contribution < 1.29 is 14.3 Å². The molecule has 1 amide bonds. The van der Waals surface area contributed by atoms with Gasteiger partial charge in [-0.2, -0.15) is 0 Å². The number of aliphatic hydroxyl groups excluding tert-OH is 1. The molecule has 0 aliphatic heterocycles. The minimum atomic E-state index is -0.666. The van der Waals surface area contributed by atoms with E-state index in [0.29, 0.717) is 18.7 Å². The summed E-state index contributed by atoms with van der Waals surface area (Å²) in [5, 5.41) is 19.9. The molecule has 6 nitrogen and oxygen atoms in total. The number of carbonyl (C=O) groups is 1. The van der Waals surface area contributed by atoms with Crippen LogP contribution in [0.2, 0.25) is 0 Å². The summed E-state index contributed by atoms with van der Waals surface area (Å²) in [5.74, 6) is -0.545. The number of nitrogens with one attached hydrogen (secondary N) is 1. The molecule has 2 rings (SSSR count). The van der Waals surface area contributed by atoms with Gasteiger partial charge in [-0.05, 0) is 24.1 Å². The number of nitrogens with zero attached hydrogens (tertiary/aromatic N) is 3. The Labute approximate surface area is 121 Å². The van der Waals surface area contributed by atoms with E-state index in [2.05, 4.69) is 15.6 Å². The van der Waals surface area contributed by atoms with Crippen LogP contribution in [0, 0.1) is 5.82 Å². The topological polar surface area (TPSA) is 80.0 Å². The fourth-order valence-corrected chi connectivity index (χ4v) is 1.76. The van der Waals surface area contributed by atoms with Crippen LogP contribution >= 0.6 is 0 Å². The normalized spacial score (nSPS) is 12.1. The van der Waals surface area contributed by atoms with Crippen LogP contribution in [0.3, 0.4) is 0 Å². The zero-order valence-corrected chi connectivity index (χ0v) is 11.7. The molecule has 2 N–H and O–H groups in total. The quantitative estimate of drug-likeness (QED) is 0.837. The maximum atomic E-state index is 12.7. The van der Waals surface area contributed by atoms with Gasteiger partial charge in [0.2, 0.25) is 5.91 Å². The molecule has 0 aliphatic rings. The second-order valence-corrected chi connectivity index (χ2v) is 4.67. The zero-order valence-electron chi connectivity index (χ0n) is 11.7. The molecule has 1 unspecified atom stereocenters. The summed E-state index contributed by atoms with van der Waals surface area (Å²) in [6.07, 6.45) is 1.42. The van der Waals surface area contributed by atoms with Crippen molar-refractivity contribution in [2.75, 3.05) is 0 Å². The second kappa shape index (κ2) is 6.94. The third kappa shape index (κ3) is 4.35. The van der Waals surface area contributed by atoms with E-state index in [4.69, 9.17) is 0 Å². The molecule has 112 valence electrons. The van der Waals surface area contributed by atoms with Gasteiger partial charge in [-0.15, -0.1) is 5.10 Å². The van der Waals surface area contributed by atoms with Crippen LogP contribution in [0.4, 0.5) is 4.39 Å². The molecule has 0 spiro atoms. The highest BCUT2D eigenvalue weighted by Crippen LogP contribution is 2.11. The van der Waals surface area contributed by atoms with E-state index in [0.717, 1.165) is 5.56 Å². The number of carbonyl (C=O) groups excluding carboxylic acids is 1. The third-order valence-electron chi connectivity index (χ3n) is 2.99. The van der Waals surface area contributed by atoms with Gasteiger partial charge in [0.05, 0.1) is 12.3 Å². The lowest BCUT2D eigenvalue weighted by atomic mass is 10.2. The van der Waals surface area contributed by atoms with Crippen LogP contribution in [-0.4, -0.2) is 26.0 Å². The van der Waals surface area contributed by atoms with Crippen molar-refractivity contribution in [2.45, 2.75) is 32.5 Å². The minimum absolute atomic E-state index is 0.0185. The fraction of sp³-hybridized carbons (Fsp3) is 0.357. The first-order valence-corrected chi connectivity index (χ1v) is 6.67. The molecular weight excluding hydrogens is 275 g/mol. The summed E-state index contributed by atoms with van der Waals surface area (Å²) >= 11 is 0. The van der Waals surface area contributed by atoms with E-state index in [1.165, 1.54) is 16.8 Å².